The number of hydrogen-bond donors (Lipinski definition) is 1. The molecule has 0 radical (unpaired) electrons. The van der Waals surface area contributed by atoms with E-state index in [1.165, 1.54) is 22.9 Å². The van der Waals surface area contributed by atoms with E-state index >= 15 is 0 Å². The van der Waals surface area contributed by atoms with Crippen molar-refractivity contribution in [1.82, 2.24) is 9.78 Å². The molecule has 162 valence electrons. The van der Waals surface area contributed by atoms with Gasteiger partial charge in [-0.25, -0.2) is 4.79 Å². The number of hydrogen-bond acceptors (Lipinski definition) is 7. The fourth-order valence-electron chi connectivity index (χ4n) is 3.60. The van der Waals surface area contributed by atoms with Crippen molar-refractivity contribution in [2.45, 2.75) is 72.4 Å². The maximum atomic E-state index is 12.8. The Balaban J connectivity index is 1.85. The van der Waals surface area contributed by atoms with Crippen molar-refractivity contribution in [3.05, 3.63) is 37.5 Å². The molecule has 10 heteroatoms. The average molecular weight is 435 g/mol. The molecule has 0 saturated heterocycles. The van der Waals surface area contributed by atoms with Gasteiger partial charge in [0.05, 0.1) is 16.6 Å². The summed E-state index contributed by atoms with van der Waals surface area (Å²) in [5.41, 5.74) is 1.90. The Bertz CT molecular complexity index is 994. The first kappa shape index (κ1) is 21.9. The zero-order chi connectivity index (χ0) is 22.0. The zero-order valence-corrected chi connectivity index (χ0v) is 18.4. The summed E-state index contributed by atoms with van der Waals surface area (Å²) in [6, 6.07) is 0. The van der Waals surface area contributed by atoms with Gasteiger partial charge in [-0.3, -0.25) is 19.6 Å². The predicted molar refractivity (Wildman–Crippen MR) is 113 cm³/mol. The fourth-order valence-corrected chi connectivity index (χ4v) is 4.90. The first-order valence-corrected chi connectivity index (χ1v) is 10.9. The molecule has 1 unspecified atom stereocenters. The van der Waals surface area contributed by atoms with Crippen LogP contribution in [0.5, 0.6) is 0 Å². The number of carbonyl (C=O) groups excluding carboxylic acids is 2. The van der Waals surface area contributed by atoms with Gasteiger partial charge in [0.15, 0.2) is 0 Å². The molecular weight excluding hydrogens is 408 g/mol. The van der Waals surface area contributed by atoms with Crippen molar-refractivity contribution in [1.29, 1.82) is 0 Å². The number of nitrogens with one attached hydrogen (secondary N) is 1. The van der Waals surface area contributed by atoms with Gasteiger partial charge in [-0.1, -0.05) is 6.92 Å². The largest absolute Gasteiger partial charge is 0.459 e. The molecule has 0 aliphatic heterocycles. The van der Waals surface area contributed by atoms with Crippen molar-refractivity contribution in [3.63, 3.8) is 0 Å². The number of fused-ring (bicyclic) bond motifs is 1. The molecule has 1 N–H and O–H groups in total. The van der Waals surface area contributed by atoms with Crippen molar-refractivity contribution >= 4 is 33.9 Å². The van der Waals surface area contributed by atoms with Crippen LogP contribution in [0.2, 0.25) is 0 Å². The highest BCUT2D eigenvalue weighted by Gasteiger charge is 2.29. The Morgan fingerprint density at radius 2 is 2.03 bits per heavy atom. The van der Waals surface area contributed by atoms with Crippen LogP contribution in [0.3, 0.4) is 0 Å². The van der Waals surface area contributed by atoms with Crippen LogP contribution in [0.1, 0.15) is 65.3 Å². The molecule has 3 rings (SSSR count). The number of esters is 1. The summed E-state index contributed by atoms with van der Waals surface area (Å²) in [5, 5.41) is 18.6. The molecule has 1 atom stereocenters. The number of rotatable bonds is 7. The molecule has 1 aliphatic rings. The SMILES string of the molecule is CCC(C)OC(=O)c1c(NC(=O)Cn2nc(C)c([N+](=O)[O-])c2C)sc2c1CCCC2. The van der Waals surface area contributed by atoms with Gasteiger partial charge in [0.2, 0.25) is 5.91 Å². The summed E-state index contributed by atoms with van der Waals surface area (Å²) in [4.78, 5) is 37.3. The first-order chi connectivity index (χ1) is 14.2. The third-order valence-corrected chi connectivity index (χ3v) is 6.54. The van der Waals surface area contributed by atoms with Crippen LogP contribution in [0.4, 0.5) is 10.7 Å². The maximum absolute atomic E-state index is 12.8. The lowest BCUT2D eigenvalue weighted by molar-refractivity contribution is -0.386. The molecule has 0 bridgehead atoms. The number of nitro groups is 1. The Hall–Kier alpha value is -2.75. The van der Waals surface area contributed by atoms with E-state index in [2.05, 4.69) is 10.4 Å². The third kappa shape index (κ3) is 4.38. The van der Waals surface area contributed by atoms with Crippen molar-refractivity contribution in [2.75, 3.05) is 5.32 Å². The monoisotopic (exact) mass is 434 g/mol. The number of nitrogens with zero attached hydrogens (tertiary/aromatic N) is 3. The molecule has 30 heavy (non-hydrogen) atoms. The maximum Gasteiger partial charge on any atom is 0.341 e. The minimum Gasteiger partial charge on any atom is -0.459 e. The highest BCUT2D eigenvalue weighted by molar-refractivity contribution is 7.17. The van der Waals surface area contributed by atoms with Gasteiger partial charge in [0.25, 0.3) is 0 Å². The quantitative estimate of drug-likeness (QED) is 0.401. The Kier molecular flexibility index (Phi) is 6.55. The van der Waals surface area contributed by atoms with Crippen LogP contribution < -0.4 is 5.32 Å². The molecule has 0 fully saturated rings. The molecule has 2 heterocycles. The van der Waals surface area contributed by atoms with Gasteiger partial charge in [-0.15, -0.1) is 11.3 Å². The van der Waals surface area contributed by atoms with Crippen LogP contribution >= 0.6 is 11.3 Å². The number of ether oxygens (including phenoxy) is 1. The fraction of sp³-hybridized carbons (Fsp3) is 0.550. The van der Waals surface area contributed by atoms with Crippen LogP contribution in [0, 0.1) is 24.0 Å². The van der Waals surface area contributed by atoms with Crippen LogP contribution in [0.15, 0.2) is 0 Å². The van der Waals surface area contributed by atoms with E-state index in [4.69, 9.17) is 4.74 Å². The summed E-state index contributed by atoms with van der Waals surface area (Å²) in [5.74, 6) is -0.813. The number of carbonyl (C=O) groups is 2. The van der Waals surface area contributed by atoms with Crippen molar-refractivity contribution < 1.29 is 19.2 Å². The van der Waals surface area contributed by atoms with E-state index in [-0.39, 0.29) is 24.0 Å². The van der Waals surface area contributed by atoms with E-state index in [0.717, 1.165) is 36.1 Å². The second kappa shape index (κ2) is 8.95. The van der Waals surface area contributed by atoms with Gasteiger partial charge in [0, 0.05) is 4.88 Å². The second-order valence-corrected chi connectivity index (χ2v) is 8.63. The van der Waals surface area contributed by atoms with Gasteiger partial charge in [-0.05, 0) is 58.4 Å². The number of aryl methyl sites for hydroxylation is 2. The average Bonchev–Trinajstić information content (AvgIpc) is 3.17. The number of amides is 1. The van der Waals surface area contributed by atoms with E-state index in [9.17, 15) is 19.7 Å². The third-order valence-electron chi connectivity index (χ3n) is 5.33. The molecule has 0 spiro atoms. The topological polar surface area (TPSA) is 116 Å². The van der Waals surface area contributed by atoms with Gasteiger partial charge in [0.1, 0.15) is 22.9 Å². The lowest BCUT2D eigenvalue weighted by atomic mass is 9.95. The van der Waals surface area contributed by atoms with Gasteiger partial charge in [-0.2, -0.15) is 5.10 Å². The first-order valence-electron chi connectivity index (χ1n) is 10.1. The van der Waals surface area contributed by atoms with E-state index < -0.39 is 16.8 Å². The Labute approximate surface area is 178 Å². The van der Waals surface area contributed by atoms with Gasteiger partial charge >= 0.3 is 11.7 Å². The number of anilines is 1. The zero-order valence-electron chi connectivity index (χ0n) is 17.6. The highest BCUT2D eigenvalue weighted by Crippen LogP contribution is 2.39. The molecule has 2 aromatic heterocycles. The molecule has 2 aromatic rings. The predicted octanol–water partition coefficient (Wildman–Crippen LogP) is 3.94. The lowest BCUT2D eigenvalue weighted by Gasteiger charge is -2.15. The van der Waals surface area contributed by atoms with Crippen molar-refractivity contribution in [2.24, 2.45) is 0 Å². The van der Waals surface area contributed by atoms with Crippen LogP contribution in [0.25, 0.3) is 0 Å². The van der Waals surface area contributed by atoms with E-state index in [1.807, 2.05) is 13.8 Å². The van der Waals surface area contributed by atoms with Crippen LogP contribution in [-0.2, 0) is 28.9 Å². The summed E-state index contributed by atoms with van der Waals surface area (Å²) < 4.78 is 6.85. The molecule has 1 amide bonds. The number of thiophene rings is 1. The molecule has 9 nitrogen and oxygen atoms in total. The Morgan fingerprint density at radius 3 is 2.67 bits per heavy atom. The van der Waals surface area contributed by atoms with Crippen LogP contribution in [-0.4, -0.2) is 32.7 Å². The Morgan fingerprint density at radius 1 is 1.33 bits per heavy atom. The summed E-state index contributed by atoms with van der Waals surface area (Å²) >= 11 is 1.41. The van der Waals surface area contributed by atoms with E-state index in [0.29, 0.717) is 22.7 Å². The number of aromatic nitrogens is 2. The molecular formula is C20H26N4O5S. The molecule has 0 aromatic carbocycles. The summed E-state index contributed by atoms with van der Waals surface area (Å²) in [7, 11) is 0. The molecule has 1 aliphatic carbocycles. The lowest BCUT2D eigenvalue weighted by Crippen LogP contribution is -2.22. The van der Waals surface area contributed by atoms with Gasteiger partial charge < -0.3 is 10.1 Å². The van der Waals surface area contributed by atoms with E-state index in [1.54, 1.807) is 6.92 Å². The normalized spacial score (nSPS) is 14.1. The highest BCUT2D eigenvalue weighted by atomic mass is 32.1. The van der Waals surface area contributed by atoms with Crippen molar-refractivity contribution in [3.8, 4) is 0 Å². The molecule has 0 saturated carbocycles. The smallest absolute Gasteiger partial charge is 0.341 e. The minimum absolute atomic E-state index is 0.0905. The standard InChI is InChI=1S/C20H26N4O5S/c1-5-11(2)29-20(26)17-14-8-6-7-9-15(14)30-19(17)21-16(25)10-23-13(4)18(24(27)28)12(3)22-23/h11H,5-10H2,1-4H3,(H,21,25). The second-order valence-electron chi connectivity index (χ2n) is 7.52. The minimum atomic E-state index is -0.498. The summed E-state index contributed by atoms with van der Waals surface area (Å²) in [6.07, 6.45) is 4.21. The summed E-state index contributed by atoms with van der Waals surface area (Å²) in [6.45, 7) is 6.70.